The van der Waals surface area contributed by atoms with Crippen LogP contribution in [0.15, 0.2) is 0 Å². The third-order valence-electron chi connectivity index (χ3n) is 2.42. The Labute approximate surface area is 105 Å². The predicted molar refractivity (Wildman–Crippen MR) is 65.1 cm³/mol. The van der Waals surface area contributed by atoms with Crippen molar-refractivity contribution in [2.75, 3.05) is 11.4 Å². The van der Waals surface area contributed by atoms with E-state index in [0.717, 1.165) is 6.54 Å². The highest BCUT2D eigenvalue weighted by molar-refractivity contribution is 6.32. The van der Waals surface area contributed by atoms with Gasteiger partial charge in [-0.15, -0.1) is 10.2 Å². The van der Waals surface area contributed by atoms with Gasteiger partial charge >= 0.3 is 0 Å². The number of rotatable bonds is 4. The lowest BCUT2D eigenvalue weighted by Crippen LogP contribution is -2.31. The number of aromatic nitrogens is 3. The number of anilines is 1. The smallest absolute Gasteiger partial charge is 0.245 e. The van der Waals surface area contributed by atoms with Gasteiger partial charge in [-0.25, -0.2) is 0 Å². The number of nitrogens with zero attached hydrogens (tertiary/aromatic N) is 4. The fourth-order valence-corrected chi connectivity index (χ4v) is 1.96. The lowest BCUT2D eigenvalue weighted by Gasteiger charge is -2.25. The van der Waals surface area contributed by atoms with E-state index >= 15 is 0 Å². The molecule has 0 spiro atoms. The van der Waals surface area contributed by atoms with Gasteiger partial charge in [-0.05, 0) is 30.4 Å². The first kappa shape index (κ1) is 11.9. The third kappa shape index (κ3) is 2.74. The molecule has 0 amide bonds. The molecule has 1 saturated carbocycles. The van der Waals surface area contributed by atoms with E-state index in [1.165, 1.54) is 12.8 Å². The predicted octanol–water partition coefficient (Wildman–Crippen LogP) is 2.80. The van der Waals surface area contributed by atoms with E-state index in [-0.39, 0.29) is 5.28 Å². The first-order valence-electron chi connectivity index (χ1n) is 5.40. The van der Waals surface area contributed by atoms with Crippen LogP contribution in [0.3, 0.4) is 0 Å². The Morgan fingerprint density at radius 1 is 1.31 bits per heavy atom. The van der Waals surface area contributed by atoms with Crippen LogP contribution < -0.4 is 4.90 Å². The van der Waals surface area contributed by atoms with Gasteiger partial charge in [0.25, 0.3) is 0 Å². The van der Waals surface area contributed by atoms with Crippen LogP contribution in [-0.2, 0) is 0 Å². The van der Waals surface area contributed by atoms with E-state index in [2.05, 4.69) is 33.9 Å². The Kier molecular flexibility index (Phi) is 3.50. The first-order valence-corrected chi connectivity index (χ1v) is 6.16. The summed E-state index contributed by atoms with van der Waals surface area (Å²) in [6.45, 7) is 5.25. The molecule has 0 saturated heterocycles. The summed E-state index contributed by atoms with van der Waals surface area (Å²) in [5.41, 5.74) is 0. The van der Waals surface area contributed by atoms with Crippen molar-refractivity contribution in [1.29, 1.82) is 0 Å². The van der Waals surface area contributed by atoms with Crippen LogP contribution in [0.25, 0.3) is 0 Å². The van der Waals surface area contributed by atoms with Crippen LogP contribution in [-0.4, -0.2) is 27.8 Å². The van der Waals surface area contributed by atoms with Crippen molar-refractivity contribution in [3.63, 3.8) is 0 Å². The van der Waals surface area contributed by atoms with Crippen LogP contribution in [0.1, 0.15) is 26.7 Å². The van der Waals surface area contributed by atoms with E-state index in [1.807, 2.05) is 0 Å². The molecule has 88 valence electrons. The third-order valence-corrected chi connectivity index (χ3v) is 2.83. The molecule has 1 aromatic rings. The Balaban J connectivity index is 2.26. The standard InChI is InChI=1S/C10H14Cl2N4/c1-6(2)5-16(7-3-4-7)9-8(11)14-15-10(12)13-9/h6-7H,3-5H2,1-2H3. The number of hydrogen-bond donors (Lipinski definition) is 0. The second kappa shape index (κ2) is 4.72. The molecule has 4 nitrogen and oxygen atoms in total. The monoisotopic (exact) mass is 260 g/mol. The van der Waals surface area contributed by atoms with E-state index in [0.29, 0.717) is 22.9 Å². The Morgan fingerprint density at radius 2 is 2.00 bits per heavy atom. The molecule has 0 unspecified atom stereocenters. The molecule has 1 aromatic heterocycles. The molecular weight excluding hydrogens is 247 g/mol. The Bertz CT molecular complexity index is 379. The molecule has 2 rings (SSSR count). The van der Waals surface area contributed by atoms with Gasteiger partial charge in [-0.1, -0.05) is 25.4 Å². The van der Waals surface area contributed by atoms with Crippen LogP contribution in [0.5, 0.6) is 0 Å². The summed E-state index contributed by atoms with van der Waals surface area (Å²) >= 11 is 11.8. The molecule has 0 radical (unpaired) electrons. The van der Waals surface area contributed by atoms with Crippen LogP contribution in [0.4, 0.5) is 5.82 Å². The topological polar surface area (TPSA) is 41.9 Å². The van der Waals surface area contributed by atoms with Crippen molar-refractivity contribution in [2.45, 2.75) is 32.7 Å². The maximum absolute atomic E-state index is 6.01. The summed E-state index contributed by atoms with van der Waals surface area (Å²) in [7, 11) is 0. The summed E-state index contributed by atoms with van der Waals surface area (Å²) < 4.78 is 0. The molecule has 1 aliphatic rings. The van der Waals surface area contributed by atoms with Gasteiger partial charge in [0.05, 0.1) is 0 Å². The summed E-state index contributed by atoms with van der Waals surface area (Å²) in [6.07, 6.45) is 2.37. The minimum absolute atomic E-state index is 0.147. The molecule has 6 heteroatoms. The SMILES string of the molecule is CC(C)CN(c1nc(Cl)nnc1Cl)C1CC1. The molecule has 0 atom stereocenters. The maximum atomic E-state index is 6.01. The molecule has 1 aliphatic carbocycles. The number of halogens is 2. The Hall–Kier alpha value is -0.610. The zero-order valence-corrected chi connectivity index (χ0v) is 10.8. The summed E-state index contributed by atoms with van der Waals surface area (Å²) in [5, 5.41) is 7.90. The van der Waals surface area contributed by atoms with E-state index in [1.54, 1.807) is 0 Å². The van der Waals surface area contributed by atoms with Crippen molar-refractivity contribution in [3.05, 3.63) is 10.4 Å². The van der Waals surface area contributed by atoms with Gasteiger partial charge in [0.2, 0.25) is 5.28 Å². The van der Waals surface area contributed by atoms with Crippen molar-refractivity contribution in [1.82, 2.24) is 15.2 Å². The van der Waals surface area contributed by atoms with Gasteiger partial charge in [-0.3, -0.25) is 0 Å². The molecule has 1 heterocycles. The fourth-order valence-electron chi connectivity index (χ4n) is 1.66. The average molecular weight is 261 g/mol. The lowest BCUT2D eigenvalue weighted by molar-refractivity contribution is 0.601. The van der Waals surface area contributed by atoms with Crippen molar-refractivity contribution in [2.24, 2.45) is 5.92 Å². The van der Waals surface area contributed by atoms with Crippen LogP contribution in [0.2, 0.25) is 10.4 Å². The van der Waals surface area contributed by atoms with E-state index < -0.39 is 0 Å². The molecule has 16 heavy (non-hydrogen) atoms. The minimum Gasteiger partial charge on any atom is -0.351 e. The zero-order valence-electron chi connectivity index (χ0n) is 9.32. The largest absolute Gasteiger partial charge is 0.351 e. The van der Waals surface area contributed by atoms with E-state index in [4.69, 9.17) is 23.2 Å². The first-order chi connectivity index (χ1) is 7.58. The fraction of sp³-hybridized carbons (Fsp3) is 0.700. The van der Waals surface area contributed by atoms with E-state index in [9.17, 15) is 0 Å². The molecule has 0 N–H and O–H groups in total. The van der Waals surface area contributed by atoms with Gasteiger partial charge in [0, 0.05) is 12.6 Å². The highest BCUT2D eigenvalue weighted by Crippen LogP contribution is 2.34. The molecular formula is C10H14Cl2N4. The highest BCUT2D eigenvalue weighted by Gasteiger charge is 2.32. The van der Waals surface area contributed by atoms with Crippen LogP contribution in [0, 0.1) is 5.92 Å². The Morgan fingerprint density at radius 3 is 2.56 bits per heavy atom. The van der Waals surface area contributed by atoms with Crippen LogP contribution >= 0.6 is 23.2 Å². The quantitative estimate of drug-likeness (QED) is 0.835. The van der Waals surface area contributed by atoms with Gasteiger partial charge in [0.15, 0.2) is 11.0 Å². The van der Waals surface area contributed by atoms with Crippen molar-refractivity contribution in [3.8, 4) is 0 Å². The normalized spacial score (nSPS) is 15.6. The van der Waals surface area contributed by atoms with Crippen molar-refractivity contribution >= 4 is 29.0 Å². The van der Waals surface area contributed by atoms with Crippen molar-refractivity contribution < 1.29 is 0 Å². The van der Waals surface area contributed by atoms with Gasteiger partial charge < -0.3 is 4.90 Å². The molecule has 0 aromatic carbocycles. The van der Waals surface area contributed by atoms with Gasteiger partial charge in [-0.2, -0.15) is 4.98 Å². The van der Waals surface area contributed by atoms with Gasteiger partial charge in [0.1, 0.15) is 0 Å². The molecule has 1 fully saturated rings. The number of hydrogen-bond acceptors (Lipinski definition) is 4. The molecule has 0 aliphatic heterocycles. The summed E-state index contributed by atoms with van der Waals surface area (Å²) in [5.74, 6) is 1.21. The maximum Gasteiger partial charge on any atom is 0.245 e. The molecule has 0 bridgehead atoms. The highest BCUT2D eigenvalue weighted by atomic mass is 35.5. The second-order valence-electron chi connectivity index (χ2n) is 4.47. The zero-order chi connectivity index (χ0) is 11.7. The average Bonchev–Trinajstić information content (AvgIpc) is 3.02. The summed E-state index contributed by atoms with van der Waals surface area (Å²) in [6, 6.07) is 0.535. The minimum atomic E-state index is 0.147. The lowest BCUT2D eigenvalue weighted by atomic mass is 10.2. The summed E-state index contributed by atoms with van der Waals surface area (Å²) in [4.78, 5) is 6.36. The second-order valence-corrected chi connectivity index (χ2v) is 5.17.